The van der Waals surface area contributed by atoms with E-state index in [1.807, 2.05) is 18.2 Å². The molecule has 0 heterocycles. The maximum Gasteiger partial charge on any atom is 0.277 e. The van der Waals surface area contributed by atoms with Crippen LogP contribution in [0.5, 0.6) is 5.75 Å². The zero-order valence-corrected chi connectivity index (χ0v) is 11.3. The molecular formula is C14H13ClN2O3. The monoisotopic (exact) mass is 292 g/mol. The van der Waals surface area contributed by atoms with E-state index >= 15 is 0 Å². The van der Waals surface area contributed by atoms with Gasteiger partial charge >= 0.3 is 0 Å². The number of benzene rings is 2. The molecule has 0 aliphatic carbocycles. The van der Waals surface area contributed by atoms with Crippen LogP contribution in [0.1, 0.15) is 11.1 Å². The fourth-order valence-electron chi connectivity index (χ4n) is 1.75. The predicted octanol–water partition coefficient (Wildman–Crippen LogP) is 3.29. The lowest BCUT2D eigenvalue weighted by molar-refractivity contribution is -0.385. The zero-order valence-electron chi connectivity index (χ0n) is 10.6. The number of nitro groups is 1. The van der Waals surface area contributed by atoms with Crippen LogP contribution in [0.3, 0.4) is 0 Å². The molecular weight excluding hydrogens is 280 g/mol. The van der Waals surface area contributed by atoms with Crippen molar-refractivity contribution in [3.05, 3.63) is 68.7 Å². The normalized spacial score (nSPS) is 10.3. The molecule has 104 valence electrons. The number of nitro benzene ring substituents is 1. The highest BCUT2D eigenvalue weighted by molar-refractivity contribution is 6.30. The van der Waals surface area contributed by atoms with Crippen molar-refractivity contribution in [3.63, 3.8) is 0 Å². The molecule has 0 amide bonds. The molecule has 0 saturated carbocycles. The van der Waals surface area contributed by atoms with E-state index in [0.29, 0.717) is 22.9 Å². The maximum absolute atomic E-state index is 11.0. The Bertz CT molecular complexity index is 632. The molecule has 5 nitrogen and oxygen atoms in total. The first kappa shape index (κ1) is 14.3. The van der Waals surface area contributed by atoms with Crippen molar-refractivity contribution in [2.24, 2.45) is 5.73 Å². The Balaban J connectivity index is 2.16. The van der Waals surface area contributed by atoms with Crippen LogP contribution in [-0.2, 0) is 13.2 Å². The van der Waals surface area contributed by atoms with E-state index in [1.54, 1.807) is 18.2 Å². The van der Waals surface area contributed by atoms with Gasteiger partial charge in [-0.25, -0.2) is 0 Å². The Morgan fingerprint density at radius 2 is 2.05 bits per heavy atom. The van der Waals surface area contributed by atoms with E-state index in [2.05, 4.69) is 0 Å². The van der Waals surface area contributed by atoms with Gasteiger partial charge < -0.3 is 10.5 Å². The summed E-state index contributed by atoms with van der Waals surface area (Å²) in [6.07, 6.45) is 0. The van der Waals surface area contributed by atoms with Gasteiger partial charge in [0.25, 0.3) is 5.69 Å². The van der Waals surface area contributed by atoms with Gasteiger partial charge in [-0.3, -0.25) is 10.1 Å². The molecule has 0 radical (unpaired) electrons. The van der Waals surface area contributed by atoms with E-state index in [9.17, 15) is 10.1 Å². The van der Waals surface area contributed by atoms with Crippen LogP contribution < -0.4 is 10.5 Å². The van der Waals surface area contributed by atoms with Crippen molar-refractivity contribution in [1.29, 1.82) is 0 Å². The Hall–Kier alpha value is -2.11. The van der Waals surface area contributed by atoms with Crippen LogP contribution in [0.4, 0.5) is 5.69 Å². The van der Waals surface area contributed by atoms with Crippen molar-refractivity contribution in [1.82, 2.24) is 0 Å². The highest BCUT2D eigenvalue weighted by Crippen LogP contribution is 2.24. The van der Waals surface area contributed by atoms with Crippen LogP contribution in [-0.4, -0.2) is 4.92 Å². The average Bonchev–Trinajstić information content (AvgIpc) is 2.46. The average molecular weight is 293 g/mol. The van der Waals surface area contributed by atoms with E-state index in [0.717, 1.165) is 5.56 Å². The summed E-state index contributed by atoms with van der Waals surface area (Å²) in [5.74, 6) is 0.622. The van der Waals surface area contributed by atoms with Crippen LogP contribution in [0.25, 0.3) is 0 Å². The molecule has 0 unspecified atom stereocenters. The third-order valence-electron chi connectivity index (χ3n) is 2.77. The molecule has 6 heteroatoms. The minimum absolute atomic E-state index is 0.0486. The van der Waals surface area contributed by atoms with Crippen molar-refractivity contribution >= 4 is 17.3 Å². The Labute approximate surface area is 121 Å². The second kappa shape index (κ2) is 6.36. The van der Waals surface area contributed by atoms with Gasteiger partial charge in [-0.05, 0) is 29.8 Å². The third kappa shape index (κ3) is 3.46. The molecule has 2 aromatic carbocycles. The number of nitrogens with zero attached hydrogens (tertiary/aromatic N) is 1. The molecule has 20 heavy (non-hydrogen) atoms. The Morgan fingerprint density at radius 1 is 1.25 bits per heavy atom. The summed E-state index contributed by atoms with van der Waals surface area (Å²) >= 11 is 5.76. The van der Waals surface area contributed by atoms with Crippen LogP contribution >= 0.6 is 11.6 Å². The number of ether oxygens (including phenoxy) is 1. The predicted molar refractivity (Wildman–Crippen MR) is 76.8 cm³/mol. The molecule has 0 saturated heterocycles. The molecule has 0 aliphatic rings. The molecule has 2 aromatic rings. The third-order valence-corrected chi connectivity index (χ3v) is 3.01. The quantitative estimate of drug-likeness (QED) is 0.677. The number of halogens is 1. The van der Waals surface area contributed by atoms with Crippen LogP contribution in [0.15, 0.2) is 42.5 Å². The largest absolute Gasteiger partial charge is 0.489 e. The number of rotatable bonds is 5. The lowest BCUT2D eigenvalue weighted by Crippen LogP contribution is -2.01. The fourth-order valence-corrected chi connectivity index (χ4v) is 1.92. The Kier molecular flexibility index (Phi) is 4.55. The smallest absolute Gasteiger partial charge is 0.277 e. The van der Waals surface area contributed by atoms with Gasteiger partial charge in [0, 0.05) is 17.6 Å². The second-order valence-corrected chi connectivity index (χ2v) is 4.61. The second-order valence-electron chi connectivity index (χ2n) is 4.17. The minimum atomic E-state index is -0.471. The van der Waals surface area contributed by atoms with Gasteiger partial charge in [-0.1, -0.05) is 23.7 Å². The standard InChI is InChI=1S/C14H13ClN2O3/c15-12-5-4-11(14(7-12)17(18)19)9-20-13-3-1-2-10(6-13)8-16/h1-7H,8-9,16H2. The van der Waals surface area contributed by atoms with Crippen molar-refractivity contribution < 1.29 is 9.66 Å². The Morgan fingerprint density at radius 3 is 2.75 bits per heavy atom. The van der Waals surface area contributed by atoms with Crippen LogP contribution in [0, 0.1) is 10.1 Å². The first-order chi connectivity index (χ1) is 9.60. The molecule has 0 fully saturated rings. The van der Waals surface area contributed by atoms with Gasteiger partial charge in [0.05, 0.1) is 10.5 Å². The van der Waals surface area contributed by atoms with E-state index in [1.165, 1.54) is 6.07 Å². The first-order valence-corrected chi connectivity index (χ1v) is 6.32. The highest BCUT2D eigenvalue weighted by atomic mass is 35.5. The number of hydrogen-bond donors (Lipinski definition) is 1. The minimum Gasteiger partial charge on any atom is -0.489 e. The topological polar surface area (TPSA) is 78.4 Å². The molecule has 2 N–H and O–H groups in total. The van der Waals surface area contributed by atoms with Crippen molar-refractivity contribution in [2.45, 2.75) is 13.2 Å². The summed E-state index contributed by atoms with van der Waals surface area (Å²) in [5.41, 5.74) is 6.91. The lowest BCUT2D eigenvalue weighted by atomic mass is 10.2. The fraction of sp³-hybridized carbons (Fsp3) is 0.143. The zero-order chi connectivity index (χ0) is 14.5. The summed E-state index contributed by atoms with van der Waals surface area (Å²) in [6.45, 7) is 0.514. The molecule has 2 rings (SSSR count). The van der Waals surface area contributed by atoms with E-state index in [-0.39, 0.29) is 12.3 Å². The van der Waals surface area contributed by atoms with Gasteiger partial charge in [0.1, 0.15) is 12.4 Å². The number of hydrogen-bond acceptors (Lipinski definition) is 4. The molecule has 0 aromatic heterocycles. The summed E-state index contributed by atoms with van der Waals surface area (Å²) in [7, 11) is 0. The molecule has 0 aliphatic heterocycles. The maximum atomic E-state index is 11.0. The lowest BCUT2D eigenvalue weighted by Gasteiger charge is -2.08. The van der Waals surface area contributed by atoms with Crippen molar-refractivity contribution in [3.8, 4) is 5.75 Å². The highest BCUT2D eigenvalue weighted by Gasteiger charge is 2.14. The molecule has 0 bridgehead atoms. The van der Waals surface area contributed by atoms with E-state index < -0.39 is 4.92 Å². The summed E-state index contributed by atoms with van der Waals surface area (Å²) < 4.78 is 5.56. The molecule has 0 spiro atoms. The van der Waals surface area contributed by atoms with Gasteiger partial charge in [-0.2, -0.15) is 0 Å². The van der Waals surface area contributed by atoms with Crippen LogP contribution in [0.2, 0.25) is 5.02 Å². The van der Waals surface area contributed by atoms with Crippen molar-refractivity contribution in [2.75, 3.05) is 0 Å². The van der Waals surface area contributed by atoms with E-state index in [4.69, 9.17) is 22.1 Å². The summed E-state index contributed by atoms with van der Waals surface area (Å²) in [6, 6.07) is 11.8. The number of nitrogens with two attached hydrogens (primary N) is 1. The SMILES string of the molecule is NCc1cccc(OCc2ccc(Cl)cc2[N+](=O)[O-])c1. The summed E-state index contributed by atoms with van der Waals surface area (Å²) in [4.78, 5) is 10.5. The molecule has 0 atom stereocenters. The summed E-state index contributed by atoms with van der Waals surface area (Å²) in [5, 5.41) is 11.3. The first-order valence-electron chi connectivity index (χ1n) is 5.95. The van der Waals surface area contributed by atoms with Gasteiger partial charge in [0.2, 0.25) is 0 Å². The van der Waals surface area contributed by atoms with Gasteiger partial charge in [-0.15, -0.1) is 0 Å². The van der Waals surface area contributed by atoms with Gasteiger partial charge in [0.15, 0.2) is 0 Å².